The molecule has 0 bridgehead atoms. The van der Waals surface area contributed by atoms with Gasteiger partial charge in [-0.2, -0.15) is 4.68 Å². The largest absolute Gasteiger partial charge is 0.372 e. The first-order valence-corrected chi connectivity index (χ1v) is 13.8. The fourth-order valence-corrected chi connectivity index (χ4v) is 5.18. The standard InChI is InChI=1S/C28H28Cl2N8O3/c1-17-14-37(15-18(2)41-17)25(40)13-22(28-33-26(27(30)34-28)19-6-4-3-5-7-19)32-24(39)11-8-20-12-21(29)9-10-23(20)38-16-31-35-36-38/h3-12,16-18,22H,13-15H2,1-2H3,(H,32,39)(H,33,34)/b11-8+/t17-,18?,22?/m0/s1. The second-order valence-corrected chi connectivity index (χ2v) is 10.6. The van der Waals surface area contributed by atoms with Crippen LogP contribution in [0.25, 0.3) is 23.0 Å². The van der Waals surface area contributed by atoms with Crippen molar-refractivity contribution in [2.45, 2.75) is 38.5 Å². The Morgan fingerprint density at radius 3 is 2.61 bits per heavy atom. The van der Waals surface area contributed by atoms with Gasteiger partial charge in [0, 0.05) is 35.3 Å². The summed E-state index contributed by atoms with van der Waals surface area (Å²) in [5, 5.41) is 15.0. The van der Waals surface area contributed by atoms with Gasteiger partial charge in [-0.25, -0.2) is 4.98 Å². The Hall–Kier alpha value is -4.06. The molecular weight excluding hydrogens is 567 g/mol. The summed E-state index contributed by atoms with van der Waals surface area (Å²) in [4.78, 5) is 36.1. The average molecular weight is 595 g/mol. The van der Waals surface area contributed by atoms with Gasteiger partial charge in [-0.1, -0.05) is 53.5 Å². The normalized spacial score (nSPS) is 18.0. The van der Waals surface area contributed by atoms with Crippen LogP contribution in [0, 0.1) is 0 Å². The number of benzene rings is 2. The van der Waals surface area contributed by atoms with E-state index in [1.54, 1.807) is 29.2 Å². The molecule has 2 unspecified atom stereocenters. The molecule has 2 amide bonds. The molecule has 13 heteroatoms. The van der Waals surface area contributed by atoms with Crippen LogP contribution in [-0.2, 0) is 14.3 Å². The molecule has 3 atom stereocenters. The molecule has 3 heterocycles. The van der Waals surface area contributed by atoms with Gasteiger partial charge in [0.2, 0.25) is 11.8 Å². The van der Waals surface area contributed by atoms with E-state index in [0.717, 1.165) is 5.56 Å². The number of aromatic amines is 1. The van der Waals surface area contributed by atoms with Gasteiger partial charge in [-0.15, -0.1) is 5.10 Å². The average Bonchev–Trinajstić information content (AvgIpc) is 3.62. The molecule has 0 aliphatic carbocycles. The number of halogens is 2. The summed E-state index contributed by atoms with van der Waals surface area (Å²) in [6, 6.07) is 13.8. The Kier molecular flexibility index (Phi) is 8.77. The number of morpholine rings is 1. The van der Waals surface area contributed by atoms with E-state index in [9.17, 15) is 9.59 Å². The molecule has 41 heavy (non-hydrogen) atoms. The molecule has 0 saturated carbocycles. The van der Waals surface area contributed by atoms with Gasteiger partial charge in [-0.3, -0.25) is 9.59 Å². The third kappa shape index (κ3) is 6.99. The maximum atomic E-state index is 13.4. The van der Waals surface area contributed by atoms with Gasteiger partial charge in [0.25, 0.3) is 0 Å². The number of nitrogens with one attached hydrogen (secondary N) is 2. The zero-order chi connectivity index (χ0) is 28.9. The first-order chi connectivity index (χ1) is 19.8. The van der Waals surface area contributed by atoms with Crippen LogP contribution in [0.3, 0.4) is 0 Å². The molecule has 2 N–H and O–H groups in total. The molecule has 2 aromatic carbocycles. The molecule has 1 aliphatic rings. The van der Waals surface area contributed by atoms with Gasteiger partial charge in [0.05, 0.1) is 30.4 Å². The highest BCUT2D eigenvalue weighted by atomic mass is 35.5. The first-order valence-electron chi connectivity index (χ1n) is 13.0. The Balaban J connectivity index is 1.40. The van der Waals surface area contributed by atoms with Gasteiger partial charge in [0.15, 0.2) is 0 Å². The first kappa shape index (κ1) is 28.5. The molecule has 0 radical (unpaired) electrons. The third-order valence-corrected chi connectivity index (χ3v) is 7.03. The number of hydrogen-bond acceptors (Lipinski definition) is 7. The van der Waals surface area contributed by atoms with Crippen LogP contribution in [0.4, 0.5) is 0 Å². The van der Waals surface area contributed by atoms with E-state index < -0.39 is 11.9 Å². The molecule has 1 aliphatic heterocycles. The van der Waals surface area contributed by atoms with E-state index in [4.69, 9.17) is 27.9 Å². The number of amides is 2. The van der Waals surface area contributed by atoms with Crippen molar-refractivity contribution < 1.29 is 14.3 Å². The smallest absolute Gasteiger partial charge is 0.244 e. The summed E-state index contributed by atoms with van der Waals surface area (Å²) >= 11 is 12.7. The number of rotatable bonds is 8. The second-order valence-electron chi connectivity index (χ2n) is 9.76. The number of carbonyl (C=O) groups excluding carboxylic acids is 2. The number of aromatic nitrogens is 6. The summed E-state index contributed by atoms with van der Waals surface area (Å²) in [7, 11) is 0. The zero-order valence-corrected chi connectivity index (χ0v) is 23.9. The predicted octanol–water partition coefficient (Wildman–Crippen LogP) is 4.26. The van der Waals surface area contributed by atoms with Crippen LogP contribution >= 0.6 is 23.2 Å². The number of tetrazole rings is 1. The van der Waals surface area contributed by atoms with Crippen molar-refractivity contribution in [1.82, 2.24) is 40.4 Å². The molecule has 0 spiro atoms. The third-order valence-electron chi connectivity index (χ3n) is 6.52. The fraction of sp³-hybridized carbons (Fsp3) is 0.286. The van der Waals surface area contributed by atoms with E-state index in [0.29, 0.717) is 46.0 Å². The zero-order valence-electron chi connectivity index (χ0n) is 22.4. The lowest BCUT2D eigenvalue weighted by molar-refractivity contribution is -0.143. The van der Waals surface area contributed by atoms with Crippen molar-refractivity contribution in [1.29, 1.82) is 0 Å². The minimum Gasteiger partial charge on any atom is -0.372 e. The van der Waals surface area contributed by atoms with E-state index >= 15 is 0 Å². The second kappa shape index (κ2) is 12.6. The molecule has 2 aromatic heterocycles. The van der Waals surface area contributed by atoms with Gasteiger partial charge in [0.1, 0.15) is 23.0 Å². The summed E-state index contributed by atoms with van der Waals surface area (Å²) in [5.74, 6) is -0.204. The van der Waals surface area contributed by atoms with Crippen LogP contribution in [0.2, 0.25) is 10.2 Å². The fourth-order valence-electron chi connectivity index (χ4n) is 4.75. The highest BCUT2D eigenvalue weighted by Crippen LogP contribution is 2.29. The number of carbonyl (C=O) groups is 2. The lowest BCUT2D eigenvalue weighted by Gasteiger charge is -2.36. The van der Waals surface area contributed by atoms with E-state index in [1.807, 2.05) is 44.2 Å². The SMILES string of the molecule is CC1CN(C(=O)CC(NC(=O)/C=C/c2cc(Cl)ccc2-n2cnnn2)c2nc(-c3ccccc3)c(Cl)[nH]2)C[C@H](C)O1. The monoisotopic (exact) mass is 594 g/mol. The summed E-state index contributed by atoms with van der Waals surface area (Å²) < 4.78 is 7.24. The molecular formula is C28H28Cl2N8O3. The van der Waals surface area contributed by atoms with Crippen LogP contribution in [0.15, 0.2) is 60.9 Å². The quantitative estimate of drug-likeness (QED) is 0.291. The maximum Gasteiger partial charge on any atom is 0.244 e. The van der Waals surface area contributed by atoms with Crippen LogP contribution in [-0.4, -0.2) is 72.2 Å². The van der Waals surface area contributed by atoms with Crippen molar-refractivity contribution in [3.63, 3.8) is 0 Å². The van der Waals surface area contributed by atoms with Crippen LogP contribution < -0.4 is 5.32 Å². The Morgan fingerprint density at radius 2 is 1.90 bits per heavy atom. The van der Waals surface area contributed by atoms with Gasteiger partial charge in [-0.05, 0) is 48.5 Å². The minimum absolute atomic E-state index is 0.0237. The molecule has 212 valence electrons. The number of H-pyrrole nitrogens is 1. The molecule has 1 saturated heterocycles. The van der Waals surface area contributed by atoms with Crippen LogP contribution in [0.1, 0.15) is 37.7 Å². The van der Waals surface area contributed by atoms with E-state index in [1.165, 1.54) is 17.1 Å². The van der Waals surface area contributed by atoms with Crippen LogP contribution in [0.5, 0.6) is 0 Å². The molecule has 1 fully saturated rings. The van der Waals surface area contributed by atoms with Crippen molar-refractivity contribution in [2.75, 3.05) is 13.1 Å². The molecule has 5 rings (SSSR count). The lowest BCUT2D eigenvalue weighted by Crippen LogP contribution is -2.49. The molecule has 11 nitrogen and oxygen atoms in total. The summed E-state index contributed by atoms with van der Waals surface area (Å²) in [6.45, 7) is 4.79. The summed E-state index contributed by atoms with van der Waals surface area (Å²) in [6.07, 6.45) is 4.21. The Morgan fingerprint density at radius 1 is 1.15 bits per heavy atom. The highest BCUT2D eigenvalue weighted by molar-refractivity contribution is 6.32. The number of imidazole rings is 1. The topological polar surface area (TPSA) is 131 Å². The lowest BCUT2D eigenvalue weighted by atomic mass is 10.1. The van der Waals surface area contributed by atoms with E-state index in [2.05, 4.69) is 30.8 Å². The minimum atomic E-state index is -0.776. The van der Waals surface area contributed by atoms with Crippen molar-refractivity contribution in [2.24, 2.45) is 0 Å². The summed E-state index contributed by atoms with van der Waals surface area (Å²) in [5.41, 5.74) is 2.60. The maximum absolute atomic E-state index is 13.4. The number of ether oxygens (including phenoxy) is 1. The predicted molar refractivity (Wildman–Crippen MR) is 154 cm³/mol. The molecule has 4 aromatic rings. The number of hydrogen-bond donors (Lipinski definition) is 2. The van der Waals surface area contributed by atoms with Crippen molar-refractivity contribution >= 4 is 41.1 Å². The van der Waals surface area contributed by atoms with Gasteiger partial charge >= 0.3 is 0 Å². The van der Waals surface area contributed by atoms with Crippen molar-refractivity contribution in [3.8, 4) is 16.9 Å². The van der Waals surface area contributed by atoms with Gasteiger partial charge < -0.3 is 19.9 Å². The van der Waals surface area contributed by atoms with Crippen molar-refractivity contribution in [3.05, 3.63) is 82.5 Å². The highest BCUT2D eigenvalue weighted by Gasteiger charge is 2.30. The van der Waals surface area contributed by atoms with E-state index in [-0.39, 0.29) is 24.5 Å². The Bertz CT molecular complexity index is 1530. The Labute approximate surface area is 246 Å². The number of nitrogens with zero attached hydrogens (tertiary/aromatic N) is 6.